The van der Waals surface area contributed by atoms with Crippen molar-refractivity contribution in [3.8, 4) is 0 Å². The van der Waals surface area contributed by atoms with Crippen LogP contribution in [0, 0.1) is 0 Å². The summed E-state index contributed by atoms with van der Waals surface area (Å²) in [5, 5.41) is 3.14. The van der Waals surface area contributed by atoms with Gasteiger partial charge in [-0.15, -0.1) is 0 Å². The lowest BCUT2D eigenvalue weighted by Gasteiger charge is -2.18. The zero-order chi connectivity index (χ0) is 21.1. The first-order valence-electron chi connectivity index (χ1n) is 9.69. The number of fused-ring (bicyclic) bond motifs is 1. The van der Waals surface area contributed by atoms with Crippen LogP contribution in [0.4, 0.5) is 5.82 Å². The molecule has 1 N–H and O–H groups in total. The number of rotatable bonds is 7. The zero-order valence-electron chi connectivity index (χ0n) is 16.5. The minimum absolute atomic E-state index is 0.00563. The largest absolute Gasteiger partial charge is 0.383 e. The summed E-state index contributed by atoms with van der Waals surface area (Å²) in [5.41, 5.74) is 0.572. The number of carbonyl (C=O) groups excluding carboxylic acids is 1. The molecule has 0 saturated carbocycles. The Morgan fingerprint density at radius 2 is 2.30 bits per heavy atom. The van der Waals surface area contributed by atoms with Crippen LogP contribution in [0.1, 0.15) is 18.4 Å². The highest BCUT2D eigenvalue weighted by atomic mass is 32.2. The first kappa shape index (κ1) is 21.0. The fourth-order valence-electron chi connectivity index (χ4n) is 3.42. The number of amides is 1. The van der Waals surface area contributed by atoms with Gasteiger partial charge in [0.05, 0.1) is 29.7 Å². The van der Waals surface area contributed by atoms with Crippen LogP contribution in [-0.4, -0.2) is 64.0 Å². The topological polar surface area (TPSA) is 85.2 Å². The molecule has 30 heavy (non-hydrogen) atoms. The Labute approximate surface area is 183 Å². The van der Waals surface area contributed by atoms with Crippen molar-refractivity contribution >= 4 is 51.7 Å². The van der Waals surface area contributed by atoms with Gasteiger partial charge in [0.2, 0.25) is 0 Å². The summed E-state index contributed by atoms with van der Waals surface area (Å²) in [6, 6.07) is 5.34. The van der Waals surface area contributed by atoms with Crippen molar-refractivity contribution in [1.29, 1.82) is 0 Å². The van der Waals surface area contributed by atoms with Gasteiger partial charge in [-0.2, -0.15) is 0 Å². The van der Waals surface area contributed by atoms with Gasteiger partial charge >= 0.3 is 0 Å². The molecule has 0 aliphatic carbocycles. The van der Waals surface area contributed by atoms with Crippen molar-refractivity contribution in [2.24, 2.45) is 0 Å². The number of thioether (sulfide) groups is 1. The summed E-state index contributed by atoms with van der Waals surface area (Å²) >= 11 is 6.61. The molecule has 2 aromatic rings. The van der Waals surface area contributed by atoms with Gasteiger partial charge in [0.1, 0.15) is 15.8 Å². The number of anilines is 1. The van der Waals surface area contributed by atoms with Crippen molar-refractivity contribution < 1.29 is 14.3 Å². The molecule has 4 rings (SSSR count). The minimum atomic E-state index is -0.259. The van der Waals surface area contributed by atoms with E-state index in [2.05, 4.69) is 10.3 Å². The number of aromatic nitrogens is 2. The lowest BCUT2D eigenvalue weighted by molar-refractivity contribution is -0.123. The molecule has 158 valence electrons. The molecule has 2 aromatic heterocycles. The van der Waals surface area contributed by atoms with Crippen LogP contribution in [-0.2, 0) is 14.3 Å². The van der Waals surface area contributed by atoms with Crippen molar-refractivity contribution in [3.63, 3.8) is 0 Å². The molecule has 8 nitrogen and oxygen atoms in total. The van der Waals surface area contributed by atoms with E-state index in [0.29, 0.717) is 52.6 Å². The van der Waals surface area contributed by atoms with Crippen LogP contribution in [0.25, 0.3) is 11.7 Å². The maximum atomic E-state index is 13.1. The van der Waals surface area contributed by atoms with Gasteiger partial charge in [-0.3, -0.25) is 18.9 Å². The standard InChI is InChI=1S/C20H22N4O4S2/c1-27-10-7-21-17-14(18(25)23-8-3-2-6-16(23)22-17)11-15-19(26)24(20(29)30-15)12-13-5-4-9-28-13/h2-3,6,8,11,13,21H,4-5,7,9-10,12H2,1H3. The fourth-order valence-corrected chi connectivity index (χ4v) is 4.68. The van der Waals surface area contributed by atoms with Gasteiger partial charge < -0.3 is 14.8 Å². The van der Waals surface area contributed by atoms with Crippen LogP contribution < -0.4 is 10.9 Å². The summed E-state index contributed by atoms with van der Waals surface area (Å²) in [7, 11) is 1.60. The molecular weight excluding hydrogens is 424 g/mol. The quantitative estimate of drug-likeness (QED) is 0.393. The number of nitrogens with one attached hydrogen (secondary N) is 1. The second-order valence-corrected chi connectivity index (χ2v) is 8.63. The minimum Gasteiger partial charge on any atom is -0.383 e. The van der Waals surface area contributed by atoms with Gasteiger partial charge in [0.15, 0.2) is 0 Å². The molecule has 1 amide bonds. The zero-order valence-corrected chi connectivity index (χ0v) is 18.1. The van der Waals surface area contributed by atoms with E-state index < -0.39 is 0 Å². The predicted molar refractivity (Wildman–Crippen MR) is 121 cm³/mol. The van der Waals surface area contributed by atoms with Crippen LogP contribution in [0.15, 0.2) is 34.1 Å². The Kier molecular flexibility index (Phi) is 6.47. The third kappa shape index (κ3) is 4.27. The first-order valence-corrected chi connectivity index (χ1v) is 10.9. The maximum absolute atomic E-state index is 13.1. The molecule has 0 bridgehead atoms. The molecular formula is C20H22N4O4S2. The van der Waals surface area contributed by atoms with Crippen LogP contribution in [0.2, 0.25) is 0 Å². The summed E-state index contributed by atoms with van der Waals surface area (Å²) in [6.07, 6.45) is 5.15. The summed E-state index contributed by atoms with van der Waals surface area (Å²) in [5.74, 6) is 0.202. The van der Waals surface area contributed by atoms with Crippen LogP contribution in [0.5, 0.6) is 0 Å². The number of methoxy groups -OCH3 is 1. The number of hydrogen-bond acceptors (Lipinski definition) is 8. The third-order valence-electron chi connectivity index (χ3n) is 4.93. The van der Waals surface area contributed by atoms with Crippen molar-refractivity contribution in [3.05, 3.63) is 45.2 Å². The monoisotopic (exact) mass is 446 g/mol. The summed E-state index contributed by atoms with van der Waals surface area (Å²) in [6.45, 7) is 2.09. The Bertz CT molecular complexity index is 1060. The molecule has 10 heteroatoms. The number of ether oxygens (including phenoxy) is 2. The average Bonchev–Trinajstić information content (AvgIpc) is 3.35. The Morgan fingerprint density at radius 1 is 1.43 bits per heavy atom. The van der Waals surface area contributed by atoms with Crippen LogP contribution >= 0.6 is 24.0 Å². The molecule has 2 aliphatic rings. The fraction of sp³-hybridized carbons (Fsp3) is 0.400. The van der Waals surface area contributed by atoms with Gasteiger partial charge in [-0.25, -0.2) is 4.98 Å². The number of nitrogens with zero attached hydrogens (tertiary/aromatic N) is 3. The molecule has 2 saturated heterocycles. The Balaban J connectivity index is 1.69. The first-order chi connectivity index (χ1) is 14.6. The van der Waals surface area contributed by atoms with Crippen molar-refractivity contribution in [2.75, 3.05) is 38.7 Å². The highest BCUT2D eigenvalue weighted by Gasteiger charge is 2.35. The van der Waals surface area contributed by atoms with E-state index in [9.17, 15) is 9.59 Å². The molecule has 0 radical (unpaired) electrons. The van der Waals surface area contributed by atoms with E-state index in [1.54, 1.807) is 36.4 Å². The van der Waals surface area contributed by atoms with E-state index >= 15 is 0 Å². The molecule has 2 fully saturated rings. The lowest BCUT2D eigenvalue weighted by atomic mass is 10.2. The molecule has 2 aliphatic heterocycles. The predicted octanol–water partition coefficient (Wildman–Crippen LogP) is 2.13. The normalized spacial score (nSPS) is 20.6. The number of hydrogen-bond donors (Lipinski definition) is 1. The van der Waals surface area contributed by atoms with Crippen molar-refractivity contribution in [2.45, 2.75) is 18.9 Å². The third-order valence-corrected chi connectivity index (χ3v) is 6.30. The maximum Gasteiger partial charge on any atom is 0.267 e. The molecule has 4 heterocycles. The highest BCUT2D eigenvalue weighted by molar-refractivity contribution is 8.26. The number of thiocarbonyl (C=S) groups is 1. The lowest BCUT2D eigenvalue weighted by Crippen LogP contribution is -2.35. The molecule has 0 spiro atoms. The molecule has 1 atom stereocenters. The summed E-state index contributed by atoms with van der Waals surface area (Å²) in [4.78, 5) is 32.6. The Hall–Kier alpha value is -2.27. The van der Waals surface area contributed by atoms with Gasteiger partial charge in [0.25, 0.3) is 11.5 Å². The SMILES string of the molecule is COCCNc1nc2ccccn2c(=O)c1C=C1SC(=S)N(CC2CCCO2)C1=O. The number of carbonyl (C=O) groups is 1. The number of pyridine rings is 1. The molecule has 0 aromatic carbocycles. The highest BCUT2D eigenvalue weighted by Crippen LogP contribution is 2.34. The van der Waals surface area contributed by atoms with Gasteiger partial charge in [-0.05, 0) is 31.1 Å². The van der Waals surface area contributed by atoms with E-state index in [0.717, 1.165) is 12.8 Å². The molecule has 1 unspecified atom stereocenters. The van der Waals surface area contributed by atoms with E-state index in [1.165, 1.54) is 16.2 Å². The van der Waals surface area contributed by atoms with Gasteiger partial charge in [0, 0.05) is 26.5 Å². The van der Waals surface area contributed by atoms with Crippen LogP contribution in [0.3, 0.4) is 0 Å². The van der Waals surface area contributed by atoms with E-state index in [-0.39, 0.29) is 17.6 Å². The smallest absolute Gasteiger partial charge is 0.267 e. The Morgan fingerprint density at radius 3 is 3.07 bits per heavy atom. The van der Waals surface area contributed by atoms with Crippen molar-refractivity contribution in [1.82, 2.24) is 14.3 Å². The second kappa shape index (κ2) is 9.25. The van der Waals surface area contributed by atoms with E-state index in [4.69, 9.17) is 21.7 Å². The second-order valence-electron chi connectivity index (χ2n) is 6.95. The average molecular weight is 447 g/mol. The summed E-state index contributed by atoms with van der Waals surface area (Å²) < 4.78 is 12.7. The van der Waals surface area contributed by atoms with E-state index in [1.807, 2.05) is 6.07 Å². The van der Waals surface area contributed by atoms with Gasteiger partial charge in [-0.1, -0.05) is 30.0 Å².